The minimum absolute atomic E-state index is 0.110. The Morgan fingerprint density at radius 3 is 2.33 bits per heavy atom. The standard InChI is InChI=1S/C31H29Cl2N3O5S/c1-21-8-14-26(15-9-21)42(38,39)36-28(24-6-4-3-5-7-24)18-30(37)35-34-19-23-16-27(33)31(29(17-23)40-2)41-20-22-10-12-25(32)13-11-22/h3-17,19,28,36H,18,20H2,1-2H3,(H,35,37)/b34-19-/t28-/m0/s1. The molecule has 0 aliphatic heterocycles. The van der Waals surface area contributed by atoms with Crippen molar-refractivity contribution in [3.8, 4) is 11.5 Å². The number of amides is 1. The molecule has 42 heavy (non-hydrogen) atoms. The van der Waals surface area contributed by atoms with Gasteiger partial charge in [0.1, 0.15) is 6.61 Å². The van der Waals surface area contributed by atoms with Gasteiger partial charge in [0.15, 0.2) is 11.5 Å². The molecular formula is C31H29Cl2N3O5S. The second-order valence-electron chi connectivity index (χ2n) is 9.34. The third-order valence-electron chi connectivity index (χ3n) is 6.17. The fourth-order valence-electron chi connectivity index (χ4n) is 3.99. The topological polar surface area (TPSA) is 106 Å². The average molecular weight is 627 g/mol. The zero-order valence-electron chi connectivity index (χ0n) is 22.9. The van der Waals surface area contributed by atoms with E-state index in [2.05, 4.69) is 15.2 Å². The summed E-state index contributed by atoms with van der Waals surface area (Å²) in [5.74, 6) is 0.258. The number of ether oxygens (including phenoxy) is 2. The van der Waals surface area contributed by atoms with Crippen LogP contribution in [0.2, 0.25) is 10.0 Å². The van der Waals surface area contributed by atoms with Crippen LogP contribution in [0.15, 0.2) is 101 Å². The molecule has 4 aromatic rings. The predicted molar refractivity (Wildman–Crippen MR) is 165 cm³/mol. The molecule has 8 nitrogen and oxygen atoms in total. The number of aryl methyl sites for hydroxylation is 1. The highest BCUT2D eigenvalue weighted by Gasteiger charge is 2.23. The Morgan fingerprint density at radius 2 is 1.67 bits per heavy atom. The normalized spacial score (nSPS) is 12.2. The van der Waals surface area contributed by atoms with Gasteiger partial charge in [-0.2, -0.15) is 5.10 Å². The third-order valence-corrected chi connectivity index (χ3v) is 8.19. The Bertz CT molecular complexity index is 1650. The number of hydrogen-bond donors (Lipinski definition) is 2. The van der Waals surface area contributed by atoms with Crippen molar-refractivity contribution in [1.29, 1.82) is 0 Å². The van der Waals surface area contributed by atoms with E-state index in [0.717, 1.165) is 11.1 Å². The fourth-order valence-corrected chi connectivity index (χ4v) is 5.61. The van der Waals surface area contributed by atoms with Crippen LogP contribution in [0.25, 0.3) is 0 Å². The minimum atomic E-state index is -3.89. The van der Waals surface area contributed by atoms with E-state index in [4.69, 9.17) is 32.7 Å². The van der Waals surface area contributed by atoms with Gasteiger partial charge in [0, 0.05) is 11.4 Å². The Morgan fingerprint density at radius 1 is 0.976 bits per heavy atom. The maximum Gasteiger partial charge on any atom is 0.242 e. The zero-order valence-corrected chi connectivity index (χ0v) is 25.2. The van der Waals surface area contributed by atoms with E-state index in [1.165, 1.54) is 25.5 Å². The van der Waals surface area contributed by atoms with Crippen molar-refractivity contribution < 1.29 is 22.7 Å². The molecule has 2 N–H and O–H groups in total. The van der Waals surface area contributed by atoms with Crippen molar-refractivity contribution in [2.24, 2.45) is 5.10 Å². The van der Waals surface area contributed by atoms with Crippen LogP contribution >= 0.6 is 23.2 Å². The molecule has 0 bridgehead atoms. The Labute approximate surface area is 255 Å². The van der Waals surface area contributed by atoms with Crippen LogP contribution in [0.4, 0.5) is 0 Å². The summed E-state index contributed by atoms with van der Waals surface area (Å²) in [6, 6.07) is 25.1. The van der Waals surface area contributed by atoms with E-state index >= 15 is 0 Å². The molecule has 0 aliphatic carbocycles. The molecule has 1 amide bonds. The number of sulfonamides is 1. The molecule has 11 heteroatoms. The van der Waals surface area contributed by atoms with Crippen LogP contribution in [0.3, 0.4) is 0 Å². The molecule has 0 fully saturated rings. The lowest BCUT2D eigenvalue weighted by molar-refractivity contribution is -0.121. The average Bonchev–Trinajstić information content (AvgIpc) is 2.97. The summed E-state index contributed by atoms with van der Waals surface area (Å²) < 4.78 is 40.1. The van der Waals surface area contributed by atoms with E-state index in [1.807, 2.05) is 25.1 Å². The number of nitrogens with zero attached hydrogens (tertiary/aromatic N) is 1. The Hall–Kier alpha value is -3.89. The van der Waals surface area contributed by atoms with Crippen LogP contribution < -0.4 is 19.6 Å². The van der Waals surface area contributed by atoms with Crippen molar-refractivity contribution >= 4 is 45.3 Å². The number of carbonyl (C=O) groups excluding carboxylic acids is 1. The van der Waals surface area contributed by atoms with Crippen molar-refractivity contribution in [3.63, 3.8) is 0 Å². The van der Waals surface area contributed by atoms with Gasteiger partial charge >= 0.3 is 0 Å². The third kappa shape index (κ3) is 8.56. The predicted octanol–water partition coefficient (Wildman–Crippen LogP) is 6.45. The summed E-state index contributed by atoms with van der Waals surface area (Å²) >= 11 is 12.4. The number of hydrogen-bond acceptors (Lipinski definition) is 6. The molecule has 0 spiro atoms. The maximum absolute atomic E-state index is 13.1. The van der Waals surface area contributed by atoms with Gasteiger partial charge in [-0.1, -0.05) is 83.4 Å². The largest absolute Gasteiger partial charge is 0.493 e. The van der Waals surface area contributed by atoms with E-state index in [-0.39, 0.29) is 17.9 Å². The van der Waals surface area contributed by atoms with Crippen molar-refractivity contribution in [1.82, 2.24) is 10.1 Å². The number of carbonyl (C=O) groups is 1. The number of halogens is 2. The summed E-state index contributed by atoms with van der Waals surface area (Å²) in [7, 11) is -2.40. The van der Waals surface area contributed by atoms with Crippen molar-refractivity contribution in [2.75, 3.05) is 7.11 Å². The SMILES string of the molecule is COc1cc(/C=N\NC(=O)C[C@H](NS(=O)(=O)c2ccc(C)cc2)c2ccccc2)cc(Cl)c1OCc1ccc(Cl)cc1. The first-order valence-electron chi connectivity index (χ1n) is 12.9. The van der Waals surface area contributed by atoms with E-state index < -0.39 is 22.0 Å². The molecule has 0 aromatic heterocycles. The van der Waals surface area contributed by atoms with Gasteiger partial charge in [-0.3, -0.25) is 4.79 Å². The van der Waals surface area contributed by atoms with Gasteiger partial charge in [-0.25, -0.2) is 18.6 Å². The first-order valence-corrected chi connectivity index (χ1v) is 15.1. The lowest BCUT2D eigenvalue weighted by Gasteiger charge is -2.18. The molecule has 4 aromatic carbocycles. The molecule has 0 aliphatic rings. The second kappa shape index (κ2) is 14.3. The number of benzene rings is 4. The summed E-state index contributed by atoms with van der Waals surface area (Å²) in [6.45, 7) is 2.13. The molecule has 0 saturated heterocycles. The summed E-state index contributed by atoms with van der Waals surface area (Å²) in [5, 5.41) is 4.96. The van der Waals surface area contributed by atoms with Crippen LogP contribution in [-0.2, 0) is 21.4 Å². The van der Waals surface area contributed by atoms with Crippen LogP contribution in [-0.4, -0.2) is 27.6 Å². The highest BCUT2D eigenvalue weighted by atomic mass is 35.5. The minimum Gasteiger partial charge on any atom is -0.493 e. The van der Waals surface area contributed by atoms with Gasteiger partial charge in [0.2, 0.25) is 15.9 Å². The molecular weight excluding hydrogens is 597 g/mol. The monoisotopic (exact) mass is 625 g/mol. The van der Waals surface area contributed by atoms with E-state index in [9.17, 15) is 13.2 Å². The Kier molecular flexibility index (Phi) is 10.6. The highest BCUT2D eigenvalue weighted by Crippen LogP contribution is 2.36. The van der Waals surface area contributed by atoms with Crippen molar-refractivity contribution in [2.45, 2.75) is 30.9 Å². The summed E-state index contributed by atoms with van der Waals surface area (Å²) in [4.78, 5) is 12.9. The molecule has 4 rings (SSSR count). The molecule has 218 valence electrons. The van der Waals surface area contributed by atoms with Gasteiger partial charge in [0.25, 0.3) is 0 Å². The lowest BCUT2D eigenvalue weighted by Crippen LogP contribution is -2.32. The highest BCUT2D eigenvalue weighted by molar-refractivity contribution is 7.89. The zero-order chi connectivity index (χ0) is 30.1. The fraction of sp³-hybridized carbons (Fsp3) is 0.161. The maximum atomic E-state index is 13.1. The lowest BCUT2D eigenvalue weighted by atomic mass is 10.0. The number of nitrogens with one attached hydrogen (secondary N) is 2. The first kappa shape index (κ1) is 31.1. The quantitative estimate of drug-likeness (QED) is 0.139. The summed E-state index contributed by atoms with van der Waals surface area (Å²) in [6.07, 6.45) is 1.22. The van der Waals surface area contributed by atoms with E-state index in [0.29, 0.717) is 32.7 Å². The second-order valence-corrected chi connectivity index (χ2v) is 11.9. The molecule has 0 unspecified atom stereocenters. The molecule has 0 saturated carbocycles. The van der Waals surface area contributed by atoms with Crippen LogP contribution in [0, 0.1) is 6.92 Å². The molecule has 0 radical (unpaired) electrons. The number of methoxy groups -OCH3 is 1. The smallest absolute Gasteiger partial charge is 0.242 e. The summed E-state index contributed by atoms with van der Waals surface area (Å²) in [5.41, 5.74) is 5.48. The van der Waals surface area contributed by atoms with Gasteiger partial charge < -0.3 is 9.47 Å². The van der Waals surface area contributed by atoms with E-state index in [1.54, 1.807) is 60.7 Å². The van der Waals surface area contributed by atoms with Crippen LogP contribution in [0.1, 0.15) is 34.7 Å². The number of hydrazone groups is 1. The van der Waals surface area contributed by atoms with Crippen LogP contribution in [0.5, 0.6) is 11.5 Å². The molecule has 1 atom stereocenters. The van der Waals surface area contributed by atoms with Gasteiger partial charge in [-0.15, -0.1) is 0 Å². The molecule has 0 heterocycles. The number of rotatable bonds is 12. The van der Waals surface area contributed by atoms with Gasteiger partial charge in [-0.05, 0) is 60.0 Å². The van der Waals surface area contributed by atoms with Crippen molar-refractivity contribution in [3.05, 3.63) is 123 Å². The van der Waals surface area contributed by atoms with Gasteiger partial charge in [0.05, 0.1) is 29.3 Å². The Balaban J connectivity index is 1.43. The first-order chi connectivity index (χ1) is 20.1.